The smallest absolute Gasteiger partial charge is 0.231 e. The fourth-order valence-electron chi connectivity index (χ4n) is 3.53. The van der Waals surface area contributed by atoms with Crippen molar-refractivity contribution < 1.29 is 14.6 Å². The largest absolute Gasteiger partial charge is 0.454 e. The highest BCUT2D eigenvalue weighted by molar-refractivity contribution is 5.62. The molecule has 26 heavy (non-hydrogen) atoms. The van der Waals surface area contributed by atoms with Gasteiger partial charge in [-0.3, -0.25) is 0 Å². The summed E-state index contributed by atoms with van der Waals surface area (Å²) in [5, 5.41) is 9.42. The zero-order valence-corrected chi connectivity index (χ0v) is 14.8. The molecular weight excluding hydrogens is 328 g/mol. The summed E-state index contributed by atoms with van der Waals surface area (Å²) in [7, 11) is 0. The van der Waals surface area contributed by atoms with Crippen molar-refractivity contribution in [2.45, 2.75) is 25.8 Å². The maximum atomic E-state index is 9.42. The van der Waals surface area contributed by atoms with E-state index in [1.807, 2.05) is 36.7 Å². The highest BCUT2D eigenvalue weighted by Crippen LogP contribution is 2.35. The number of benzene rings is 2. The Kier molecular flexibility index (Phi) is 4.63. The lowest BCUT2D eigenvalue weighted by atomic mass is 9.94. The quantitative estimate of drug-likeness (QED) is 0.738. The number of hydrogen-bond acceptors (Lipinski definition) is 4. The van der Waals surface area contributed by atoms with Gasteiger partial charge in [0.25, 0.3) is 0 Å². The summed E-state index contributed by atoms with van der Waals surface area (Å²) in [6.07, 6.45) is 2.68. The molecule has 0 unspecified atom stereocenters. The summed E-state index contributed by atoms with van der Waals surface area (Å²) < 4.78 is 12.9. The van der Waals surface area contributed by atoms with Crippen molar-refractivity contribution in [1.29, 1.82) is 0 Å². The molecule has 0 spiro atoms. The molecule has 1 N–H and O–H groups in total. The average Bonchev–Trinajstić information content (AvgIpc) is 3.29. The number of aliphatic hydroxyl groups is 1. The molecule has 0 amide bonds. The molecule has 2 aromatic carbocycles. The van der Waals surface area contributed by atoms with Crippen LogP contribution in [-0.2, 0) is 13.0 Å². The highest BCUT2D eigenvalue weighted by atomic mass is 16.7. The minimum absolute atomic E-state index is 0.0916. The van der Waals surface area contributed by atoms with Gasteiger partial charge in [0.1, 0.15) is 0 Å². The van der Waals surface area contributed by atoms with Crippen LogP contribution in [0.2, 0.25) is 0 Å². The number of aliphatic hydroxyl groups excluding tert-OH is 1. The fourth-order valence-corrected chi connectivity index (χ4v) is 3.53. The minimum Gasteiger partial charge on any atom is -0.454 e. The molecule has 134 valence electrons. The van der Waals surface area contributed by atoms with Crippen LogP contribution in [0.3, 0.4) is 0 Å². The molecular formula is C21H22N2O3. The van der Waals surface area contributed by atoms with E-state index in [4.69, 9.17) is 9.47 Å². The normalized spacial score (nSPS) is 13.8. The summed E-state index contributed by atoms with van der Waals surface area (Å²) >= 11 is 0. The van der Waals surface area contributed by atoms with Crippen LogP contribution in [0.1, 0.15) is 24.1 Å². The first kappa shape index (κ1) is 16.7. The SMILES string of the molecule is C[C@H](Cc1ccc2c(c1)OCO2)c1c(-c2ccccc2)ncn1CCO. The van der Waals surface area contributed by atoms with E-state index in [0.29, 0.717) is 6.54 Å². The molecule has 0 fully saturated rings. The van der Waals surface area contributed by atoms with Gasteiger partial charge in [0.15, 0.2) is 11.5 Å². The van der Waals surface area contributed by atoms with Crippen LogP contribution >= 0.6 is 0 Å². The van der Waals surface area contributed by atoms with Crippen LogP contribution in [0.5, 0.6) is 11.5 Å². The predicted octanol–water partition coefficient (Wildman–Crippen LogP) is 3.62. The number of ether oxygens (including phenoxy) is 2. The first-order chi connectivity index (χ1) is 12.8. The third-order valence-corrected chi connectivity index (χ3v) is 4.71. The first-order valence-electron chi connectivity index (χ1n) is 8.86. The monoisotopic (exact) mass is 350 g/mol. The van der Waals surface area contributed by atoms with Gasteiger partial charge < -0.3 is 19.1 Å². The van der Waals surface area contributed by atoms with Crippen LogP contribution in [-0.4, -0.2) is 28.1 Å². The lowest BCUT2D eigenvalue weighted by Crippen LogP contribution is -2.10. The molecule has 5 heteroatoms. The number of fused-ring (bicyclic) bond motifs is 1. The predicted molar refractivity (Wildman–Crippen MR) is 99.4 cm³/mol. The fraction of sp³-hybridized carbons (Fsp3) is 0.286. The van der Waals surface area contributed by atoms with Gasteiger partial charge in [0.2, 0.25) is 6.79 Å². The minimum atomic E-state index is 0.0916. The Morgan fingerprint density at radius 3 is 2.73 bits per heavy atom. The Labute approximate surface area is 152 Å². The zero-order chi connectivity index (χ0) is 17.9. The molecule has 5 nitrogen and oxygen atoms in total. The van der Waals surface area contributed by atoms with Crippen LogP contribution in [0.25, 0.3) is 11.3 Å². The van der Waals surface area contributed by atoms with Gasteiger partial charge in [0.05, 0.1) is 18.6 Å². The summed E-state index contributed by atoms with van der Waals surface area (Å²) in [5.41, 5.74) is 4.41. The maximum Gasteiger partial charge on any atom is 0.231 e. The lowest BCUT2D eigenvalue weighted by Gasteiger charge is -2.17. The Balaban J connectivity index is 1.66. The number of nitrogens with zero attached hydrogens (tertiary/aromatic N) is 2. The molecule has 0 bridgehead atoms. The van der Waals surface area contributed by atoms with Crippen molar-refractivity contribution in [2.24, 2.45) is 0 Å². The second kappa shape index (κ2) is 7.22. The van der Waals surface area contributed by atoms with E-state index in [2.05, 4.69) is 34.7 Å². The molecule has 0 radical (unpaired) electrons. The molecule has 1 aromatic heterocycles. The van der Waals surface area contributed by atoms with E-state index in [-0.39, 0.29) is 19.3 Å². The van der Waals surface area contributed by atoms with E-state index in [1.165, 1.54) is 5.56 Å². The molecule has 3 aromatic rings. The molecule has 0 saturated carbocycles. The van der Waals surface area contributed by atoms with E-state index in [9.17, 15) is 5.11 Å². The Morgan fingerprint density at radius 1 is 1.12 bits per heavy atom. The van der Waals surface area contributed by atoms with Crippen LogP contribution in [0, 0.1) is 0 Å². The van der Waals surface area contributed by atoms with Gasteiger partial charge in [-0.05, 0) is 24.1 Å². The molecule has 4 rings (SSSR count). The summed E-state index contributed by atoms with van der Waals surface area (Å²) in [6, 6.07) is 16.3. The number of imidazole rings is 1. The van der Waals surface area contributed by atoms with E-state index < -0.39 is 0 Å². The van der Waals surface area contributed by atoms with Crippen LogP contribution in [0.4, 0.5) is 0 Å². The highest BCUT2D eigenvalue weighted by Gasteiger charge is 2.20. The third kappa shape index (κ3) is 3.18. The maximum absolute atomic E-state index is 9.42. The lowest BCUT2D eigenvalue weighted by molar-refractivity contribution is 0.174. The first-order valence-corrected chi connectivity index (χ1v) is 8.86. The molecule has 1 aliphatic rings. The van der Waals surface area contributed by atoms with Crippen LogP contribution < -0.4 is 9.47 Å². The average molecular weight is 350 g/mol. The van der Waals surface area contributed by atoms with Gasteiger partial charge in [0, 0.05) is 23.7 Å². The van der Waals surface area contributed by atoms with Gasteiger partial charge >= 0.3 is 0 Å². The van der Waals surface area contributed by atoms with Crippen molar-refractivity contribution in [3.63, 3.8) is 0 Å². The molecule has 1 aliphatic heterocycles. The molecule has 2 heterocycles. The van der Waals surface area contributed by atoms with Gasteiger partial charge in [-0.25, -0.2) is 4.98 Å². The Bertz CT molecular complexity index is 890. The van der Waals surface area contributed by atoms with Crippen molar-refractivity contribution in [3.05, 3.63) is 66.1 Å². The number of hydrogen-bond donors (Lipinski definition) is 1. The van der Waals surface area contributed by atoms with Crippen molar-refractivity contribution >= 4 is 0 Å². The molecule has 1 atom stereocenters. The summed E-state index contributed by atoms with van der Waals surface area (Å²) in [4.78, 5) is 4.63. The second-order valence-corrected chi connectivity index (χ2v) is 6.55. The topological polar surface area (TPSA) is 56.5 Å². The van der Waals surface area contributed by atoms with E-state index in [1.54, 1.807) is 0 Å². The summed E-state index contributed by atoms with van der Waals surface area (Å²) in [5.74, 6) is 1.85. The molecule has 0 aliphatic carbocycles. The van der Waals surface area contributed by atoms with Crippen molar-refractivity contribution in [1.82, 2.24) is 9.55 Å². The summed E-state index contributed by atoms with van der Waals surface area (Å²) in [6.45, 7) is 3.12. The van der Waals surface area contributed by atoms with Crippen molar-refractivity contribution in [2.75, 3.05) is 13.4 Å². The number of rotatable bonds is 6. The zero-order valence-electron chi connectivity index (χ0n) is 14.8. The molecule has 0 saturated heterocycles. The van der Waals surface area contributed by atoms with E-state index >= 15 is 0 Å². The third-order valence-electron chi connectivity index (χ3n) is 4.71. The van der Waals surface area contributed by atoms with Gasteiger partial charge in [-0.1, -0.05) is 43.3 Å². The van der Waals surface area contributed by atoms with Gasteiger partial charge in [-0.15, -0.1) is 0 Å². The number of aromatic nitrogens is 2. The van der Waals surface area contributed by atoms with Crippen molar-refractivity contribution in [3.8, 4) is 22.8 Å². The Hall–Kier alpha value is -2.79. The van der Waals surface area contributed by atoms with E-state index in [0.717, 1.165) is 34.9 Å². The van der Waals surface area contributed by atoms with Gasteiger partial charge in [-0.2, -0.15) is 0 Å². The Morgan fingerprint density at radius 2 is 1.92 bits per heavy atom. The standard InChI is InChI=1S/C21H22N2O3/c1-15(11-16-7-8-18-19(12-16)26-14-25-18)21-20(17-5-3-2-4-6-17)22-13-23(21)9-10-24/h2-8,12-13,15,24H,9-11,14H2,1H3/t15-/m1/s1. The second-order valence-electron chi connectivity index (χ2n) is 6.55. The van der Waals surface area contributed by atoms with Crippen LogP contribution in [0.15, 0.2) is 54.9 Å².